The van der Waals surface area contributed by atoms with Crippen molar-refractivity contribution in [1.29, 1.82) is 5.26 Å². The van der Waals surface area contributed by atoms with E-state index < -0.39 is 0 Å². The summed E-state index contributed by atoms with van der Waals surface area (Å²) in [4.78, 5) is 0. The van der Waals surface area contributed by atoms with Crippen LogP contribution in [0.2, 0.25) is 0 Å². The second kappa shape index (κ2) is 2.51. The zero-order chi connectivity index (χ0) is 6.69. The second-order valence-electron chi connectivity index (χ2n) is 1.92. The maximum Gasteiger partial charge on any atom is 0.0989 e. The van der Waals surface area contributed by atoms with Gasteiger partial charge >= 0.3 is 0 Å². The fourth-order valence-electron chi connectivity index (χ4n) is 0.704. The monoisotopic (exact) mass is 124 g/mol. The van der Waals surface area contributed by atoms with Crippen molar-refractivity contribution in [2.75, 3.05) is 13.2 Å². The molecule has 1 aliphatic rings. The molecule has 3 nitrogen and oxygen atoms in total. The molecule has 0 fully saturated rings. The number of rotatable bonds is 0. The zero-order valence-corrected chi connectivity index (χ0v) is 5.05. The number of ether oxygens (including phenoxy) is 1. The Balaban J connectivity index is 2.74. The number of hydrogen-bond acceptors (Lipinski definition) is 3. The van der Waals surface area contributed by atoms with E-state index in [2.05, 4.69) is 0 Å². The molecule has 0 bridgehead atoms. The Morgan fingerprint density at radius 2 is 2.44 bits per heavy atom. The van der Waals surface area contributed by atoms with E-state index in [4.69, 9.17) is 15.7 Å². The molecule has 9 heavy (non-hydrogen) atoms. The van der Waals surface area contributed by atoms with E-state index in [1.165, 1.54) is 0 Å². The van der Waals surface area contributed by atoms with E-state index in [0.717, 1.165) is 0 Å². The largest absolute Gasteiger partial charge is 0.401 e. The van der Waals surface area contributed by atoms with E-state index in [-0.39, 0.29) is 0 Å². The van der Waals surface area contributed by atoms with Crippen LogP contribution < -0.4 is 5.73 Å². The Morgan fingerprint density at radius 1 is 1.67 bits per heavy atom. The molecule has 3 heteroatoms. The topological polar surface area (TPSA) is 59.0 Å². The molecule has 0 radical (unpaired) electrons. The molecule has 0 aromatic rings. The van der Waals surface area contributed by atoms with Crippen LogP contribution in [0.1, 0.15) is 6.42 Å². The highest BCUT2D eigenvalue weighted by Gasteiger charge is 2.08. The van der Waals surface area contributed by atoms with Gasteiger partial charge in [0.05, 0.1) is 24.9 Å². The van der Waals surface area contributed by atoms with Gasteiger partial charge in [0.15, 0.2) is 0 Å². The molecule has 0 aliphatic carbocycles. The first-order chi connectivity index (χ1) is 4.34. The number of nitriles is 1. The van der Waals surface area contributed by atoms with E-state index >= 15 is 0 Å². The van der Waals surface area contributed by atoms with Gasteiger partial charge in [-0.2, -0.15) is 5.26 Å². The summed E-state index contributed by atoms with van der Waals surface area (Å²) in [5, 5.41) is 8.39. The van der Waals surface area contributed by atoms with Crippen molar-refractivity contribution in [3.05, 3.63) is 11.3 Å². The van der Waals surface area contributed by atoms with Crippen molar-refractivity contribution in [1.82, 2.24) is 0 Å². The summed E-state index contributed by atoms with van der Waals surface area (Å²) in [6.45, 7) is 1.04. The van der Waals surface area contributed by atoms with E-state index in [1.54, 1.807) is 0 Å². The highest BCUT2D eigenvalue weighted by molar-refractivity contribution is 5.27. The Kier molecular flexibility index (Phi) is 1.71. The average molecular weight is 124 g/mol. The minimum atomic E-state index is 0.391. The standard InChI is InChI=1S/C6H8N2O/c7-3-5-4-9-2-1-6(5)8/h1-2,4,8H2. The zero-order valence-electron chi connectivity index (χ0n) is 5.05. The molecule has 0 aromatic carbocycles. The summed E-state index contributed by atoms with van der Waals surface area (Å²) in [5.41, 5.74) is 6.74. The molecule has 1 aliphatic heterocycles. The molecule has 1 rings (SSSR count). The molecule has 2 N–H and O–H groups in total. The van der Waals surface area contributed by atoms with Crippen LogP contribution in [0.15, 0.2) is 11.3 Å². The van der Waals surface area contributed by atoms with Crippen LogP contribution in [0.3, 0.4) is 0 Å². The number of nitrogens with two attached hydrogens (primary N) is 1. The quantitative estimate of drug-likeness (QED) is 0.499. The van der Waals surface area contributed by atoms with Crippen LogP contribution in [0.25, 0.3) is 0 Å². The first-order valence-electron chi connectivity index (χ1n) is 2.80. The van der Waals surface area contributed by atoms with Crippen LogP contribution >= 0.6 is 0 Å². The summed E-state index contributed by atoms with van der Waals surface area (Å²) in [6.07, 6.45) is 0.697. The lowest BCUT2D eigenvalue weighted by Crippen LogP contribution is -2.15. The molecule has 0 saturated carbocycles. The highest BCUT2D eigenvalue weighted by Crippen LogP contribution is 2.08. The van der Waals surface area contributed by atoms with Crippen LogP contribution in [-0.4, -0.2) is 13.2 Å². The SMILES string of the molecule is N#CC1=C(N)CCOC1. The molecule has 0 aromatic heterocycles. The summed E-state index contributed by atoms with van der Waals surface area (Å²) in [5.74, 6) is 0. The Bertz CT molecular complexity index is 178. The predicted octanol–water partition coefficient (Wildman–Crippen LogP) is 0.143. The third-order valence-corrected chi connectivity index (χ3v) is 1.28. The molecular weight excluding hydrogens is 116 g/mol. The first-order valence-corrected chi connectivity index (χ1v) is 2.80. The molecule has 0 unspecified atom stereocenters. The molecule has 48 valence electrons. The summed E-state index contributed by atoms with van der Waals surface area (Å²) in [6, 6.07) is 1.98. The van der Waals surface area contributed by atoms with Gasteiger partial charge in [-0.15, -0.1) is 0 Å². The van der Waals surface area contributed by atoms with Crippen molar-refractivity contribution >= 4 is 0 Å². The van der Waals surface area contributed by atoms with Gasteiger partial charge in [-0.25, -0.2) is 0 Å². The van der Waals surface area contributed by atoms with Crippen molar-refractivity contribution in [3.8, 4) is 6.07 Å². The molecule has 0 atom stereocenters. The van der Waals surface area contributed by atoms with Gasteiger partial charge in [0.25, 0.3) is 0 Å². The summed E-state index contributed by atoms with van der Waals surface area (Å²) < 4.78 is 4.98. The van der Waals surface area contributed by atoms with Gasteiger partial charge in [-0.05, 0) is 0 Å². The molecule has 0 spiro atoms. The van der Waals surface area contributed by atoms with Crippen molar-refractivity contribution in [3.63, 3.8) is 0 Å². The molecule has 0 amide bonds. The van der Waals surface area contributed by atoms with Gasteiger partial charge in [0.1, 0.15) is 0 Å². The Hall–Kier alpha value is -1.01. The second-order valence-corrected chi connectivity index (χ2v) is 1.92. The van der Waals surface area contributed by atoms with E-state index in [1.807, 2.05) is 6.07 Å². The lowest BCUT2D eigenvalue weighted by atomic mass is 10.1. The average Bonchev–Trinajstić information content (AvgIpc) is 1.89. The fourth-order valence-corrected chi connectivity index (χ4v) is 0.704. The van der Waals surface area contributed by atoms with Gasteiger partial charge < -0.3 is 10.5 Å². The molecular formula is C6H8N2O. The van der Waals surface area contributed by atoms with Crippen LogP contribution in [0, 0.1) is 11.3 Å². The maximum atomic E-state index is 8.39. The first kappa shape index (κ1) is 6.12. The van der Waals surface area contributed by atoms with Gasteiger partial charge in [0.2, 0.25) is 0 Å². The third kappa shape index (κ3) is 1.21. The smallest absolute Gasteiger partial charge is 0.0989 e. The van der Waals surface area contributed by atoms with Crippen LogP contribution in [-0.2, 0) is 4.74 Å². The highest BCUT2D eigenvalue weighted by atomic mass is 16.5. The van der Waals surface area contributed by atoms with E-state index in [0.29, 0.717) is 30.9 Å². The van der Waals surface area contributed by atoms with Gasteiger partial charge in [0, 0.05) is 12.1 Å². The van der Waals surface area contributed by atoms with Crippen molar-refractivity contribution in [2.24, 2.45) is 5.73 Å². The number of nitrogens with zero attached hydrogens (tertiary/aromatic N) is 1. The number of hydrogen-bond donors (Lipinski definition) is 1. The fraction of sp³-hybridized carbons (Fsp3) is 0.500. The van der Waals surface area contributed by atoms with Crippen molar-refractivity contribution in [2.45, 2.75) is 6.42 Å². The molecule has 1 heterocycles. The lowest BCUT2D eigenvalue weighted by Gasteiger charge is -2.11. The van der Waals surface area contributed by atoms with Crippen LogP contribution in [0.5, 0.6) is 0 Å². The molecule has 0 saturated heterocycles. The normalized spacial score (nSPS) is 19.4. The van der Waals surface area contributed by atoms with Gasteiger partial charge in [-0.3, -0.25) is 0 Å². The van der Waals surface area contributed by atoms with Crippen LogP contribution in [0.4, 0.5) is 0 Å². The maximum absolute atomic E-state index is 8.39. The minimum absolute atomic E-state index is 0.391. The van der Waals surface area contributed by atoms with Gasteiger partial charge in [-0.1, -0.05) is 0 Å². The Labute approximate surface area is 53.7 Å². The van der Waals surface area contributed by atoms with E-state index in [9.17, 15) is 0 Å². The minimum Gasteiger partial charge on any atom is -0.401 e. The predicted molar refractivity (Wildman–Crippen MR) is 32.3 cm³/mol. The summed E-state index contributed by atoms with van der Waals surface area (Å²) >= 11 is 0. The third-order valence-electron chi connectivity index (χ3n) is 1.28. The van der Waals surface area contributed by atoms with Crippen molar-refractivity contribution < 1.29 is 4.74 Å². The lowest BCUT2D eigenvalue weighted by molar-refractivity contribution is 0.149. The summed E-state index contributed by atoms with van der Waals surface area (Å²) in [7, 11) is 0. The Morgan fingerprint density at radius 3 is 2.89 bits per heavy atom.